The van der Waals surface area contributed by atoms with E-state index in [1.54, 1.807) is 15.8 Å². The smallest absolute Gasteiger partial charge is 0.278 e. The number of hydrogen-bond acceptors (Lipinski definition) is 5. The van der Waals surface area contributed by atoms with Crippen molar-refractivity contribution in [2.75, 3.05) is 24.8 Å². The quantitative estimate of drug-likeness (QED) is 0.359. The number of para-hydroxylation sites is 1. The van der Waals surface area contributed by atoms with Crippen molar-refractivity contribution >= 4 is 5.91 Å². The fraction of sp³-hybridized carbons (Fsp3) is 0.188. The summed E-state index contributed by atoms with van der Waals surface area (Å²) >= 11 is 0. The summed E-state index contributed by atoms with van der Waals surface area (Å²) < 4.78 is 14.2. The van der Waals surface area contributed by atoms with Gasteiger partial charge in [-0.1, -0.05) is 84.9 Å². The number of aromatic nitrogens is 1. The molecule has 39 heavy (non-hydrogen) atoms. The topological polar surface area (TPSA) is 64.0 Å². The van der Waals surface area contributed by atoms with Crippen molar-refractivity contribution in [3.05, 3.63) is 141 Å². The van der Waals surface area contributed by atoms with Crippen LogP contribution in [0.15, 0.2) is 114 Å². The van der Waals surface area contributed by atoms with Crippen LogP contribution in [0.25, 0.3) is 0 Å². The summed E-state index contributed by atoms with van der Waals surface area (Å²) in [7, 11) is 0. The lowest BCUT2D eigenvalue weighted by Gasteiger charge is -2.44. The third kappa shape index (κ3) is 4.79. The molecule has 0 radical (unpaired) electrons. The number of pyridine rings is 1. The second-order valence-corrected chi connectivity index (χ2v) is 9.78. The Labute approximate surface area is 227 Å². The van der Waals surface area contributed by atoms with E-state index in [4.69, 9.17) is 9.47 Å². The Morgan fingerprint density at radius 3 is 2.41 bits per heavy atom. The normalized spacial score (nSPS) is 18.1. The summed E-state index contributed by atoms with van der Waals surface area (Å²) in [6.07, 6.45) is 3.67. The summed E-state index contributed by atoms with van der Waals surface area (Å²) in [5, 5.41) is 2.09. The van der Waals surface area contributed by atoms with Crippen molar-refractivity contribution in [2.24, 2.45) is 0 Å². The molecular formula is C32H29N3O4. The first-order valence-corrected chi connectivity index (χ1v) is 13.0. The highest BCUT2D eigenvalue weighted by molar-refractivity contribution is 5.96. The van der Waals surface area contributed by atoms with E-state index >= 15 is 0 Å². The van der Waals surface area contributed by atoms with Gasteiger partial charge in [-0.25, -0.2) is 0 Å². The maximum atomic E-state index is 14.0. The SMILES string of the molecule is C/C1=C/CN2CN(C(c3ccccc3)c3ccccc3OC1)n1ccc(=O)c(OCc3ccccc3)c1C2=O. The van der Waals surface area contributed by atoms with Gasteiger partial charge >= 0.3 is 0 Å². The average Bonchev–Trinajstić information content (AvgIpc) is 2.99. The van der Waals surface area contributed by atoms with Crippen LogP contribution in [0, 0.1) is 0 Å². The molecule has 0 saturated carbocycles. The predicted octanol–water partition coefficient (Wildman–Crippen LogP) is 4.91. The molecule has 4 aromatic rings. The van der Waals surface area contributed by atoms with Crippen LogP contribution in [-0.2, 0) is 6.61 Å². The molecule has 0 saturated heterocycles. The molecule has 0 N–H and O–H groups in total. The van der Waals surface area contributed by atoms with Crippen molar-refractivity contribution < 1.29 is 14.3 Å². The highest BCUT2D eigenvalue weighted by atomic mass is 16.5. The summed E-state index contributed by atoms with van der Waals surface area (Å²) in [6.45, 7) is 3.28. The zero-order valence-electron chi connectivity index (χ0n) is 21.7. The molecular weight excluding hydrogens is 490 g/mol. The number of rotatable bonds is 4. The molecule has 2 aliphatic heterocycles. The number of ether oxygens (including phenoxy) is 2. The molecule has 2 aliphatic rings. The Morgan fingerprint density at radius 2 is 1.62 bits per heavy atom. The van der Waals surface area contributed by atoms with Gasteiger partial charge in [0.15, 0.2) is 11.4 Å². The first-order chi connectivity index (χ1) is 19.1. The van der Waals surface area contributed by atoms with Crippen LogP contribution >= 0.6 is 0 Å². The van der Waals surface area contributed by atoms with Crippen LogP contribution in [0.5, 0.6) is 11.5 Å². The van der Waals surface area contributed by atoms with Gasteiger partial charge in [0.05, 0.1) is 0 Å². The van der Waals surface area contributed by atoms with Crippen molar-refractivity contribution in [1.29, 1.82) is 0 Å². The molecule has 6 rings (SSSR count). The third-order valence-corrected chi connectivity index (χ3v) is 7.09. The van der Waals surface area contributed by atoms with Gasteiger partial charge in [0.1, 0.15) is 31.7 Å². The van der Waals surface area contributed by atoms with Crippen LogP contribution in [0.1, 0.15) is 40.1 Å². The summed E-state index contributed by atoms with van der Waals surface area (Å²) in [6, 6.07) is 28.9. The third-order valence-electron chi connectivity index (χ3n) is 7.09. The van der Waals surface area contributed by atoms with Gasteiger partial charge < -0.3 is 14.4 Å². The first-order valence-electron chi connectivity index (χ1n) is 13.0. The van der Waals surface area contributed by atoms with Crippen molar-refractivity contribution in [2.45, 2.75) is 19.6 Å². The molecule has 7 heteroatoms. The Bertz CT molecular complexity index is 1580. The number of carbonyl (C=O) groups is 1. The lowest BCUT2D eigenvalue weighted by molar-refractivity contribution is 0.0698. The lowest BCUT2D eigenvalue weighted by Crippen LogP contribution is -2.55. The molecule has 196 valence electrons. The largest absolute Gasteiger partial charge is 0.489 e. The Morgan fingerprint density at radius 1 is 0.897 bits per heavy atom. The van der Waals surface area contributed by atoms with Crippen molar-refractivity contribution in [1.82, 2.24) is 9.58 Å². The molecule has 0 fully saturated rings. The molecule has 1 unspecified atom stereocenters. The predicted molar refractivity (Wildman–Crippen MR) is 150 cm³/mol. The zero-order valence-corrected chi connectivity index (χ0v) is 21.7. The van der Waals surface area contributed by atoms with E-state index in [1.807, 2.05) is 79.7 Å². The number of benzene rings is 3. The van der Waals surface area contributed by atoms with Gasteiger partial charge in [0, 0.05) is 24.4 Å². The second kappa shape index (κ2) is 10.5. The van der Waals surface area contributed by atoms with Crippen LogP contribution in [0.3, 0.4) is 0 Å². The maximum absolute atomic E-state index is 14.0. The van der Waals surface area contributed by atoms with E-state index in [2.05, 4.69) is 23.2 Å². The van der Waals surface area contributed by atoms with Gasteiger partial charge in [-0.05, 0) is 29.7 Å². The minimum absolute atomic E-state index is 0.0490. The van der Waals surface area contributed by atoms with Gasteiger partial charge in [0.2, 0.25) is 5.43 Å². The second-order valence-electron chi connectivity index (χ2n) is 9.78. The van der Waals surface area contributed by atoms with Gasteiger partial charge in [-0.15, -0.1) is 0 Å². The Hall–Kier alpha value is -4.78. The number of fused-ring (bicyclic) bond motifs is 5. The van der Waals surface area contributed by atoms with E-state index in [-0.39, 0.29) is 35.4 Å². The van der Waals surface area contributed by atoms with Crippen LogP contribution in [0.4, 0.5) is 0 Å². The number of hydrogen-bond donors (Lipinski definition) is 0. The van der Waals surface area contributed by atoms with E-state index in [0.717, 1.165) is 28.0 Å². The molecule has 7 nitrogen and oxygen atoms in total. The monoisotopic (exact) mass is 519 g/mol. The van der Waals surface area contributed by atoms with Crippen LogP contribution in [-0.4, -0.2) is 35.3 Å². The van der Waals surface area contributed by atoms with Gasteiger partial charge in [0.25, 0.3) is 5.91 Å². The lowest BCUT2D eigenvalue weighted by atomic mass is 9.97. The molecule has 0 spiro atoms. The molecule has 3 aromatic carbocycles. The van der Waals surface area contributed by atoms with Crippen LogP contribution in [0.2, 0.25) is 0 Å². The molecule has 0 aliphatic carbocycles. The van der Waals surface area contributed by atoms with Gasteiger partial charge in [-0.3, -0.25) is 19.3 Å². The Kier molecular flexibility index (Phi) is 6.63. The molecule has 2 bridgehead atoms. The highest BCUT2D eigenvalue weighted by Gasteiger charge is 2.37. The number of nitrogens with zero attached hydrogens (tertiary/aromatic N) is 3. The minimum atomic E-state index is -0.330. The van der Waals surface area contributed by atoms with E-state index in [1.165, 1.54) is 6.07 Å². The van der Waals surface area contributed by atoms with E-state index in [0.29, 0.717) is 19.8 Å². The maximum Gasteiger partial charge on any atom is 0.278 e. The van der Waals surface area contributed by atoms with E-state index in [9.17, 15) is 9.59 Å². The summed E-state index contributed by atoms with van der Waals surface area (Å²) in [4.78, 5) is 28.9. The highest BCUT2D eigenvalue weighted by Crippen LogP contribution is 2.37. The first kappa shape index (κ1) is 24.6. The summed E-state index contributed by atoms with van der Waals surface area (Å²) in [5.41, 5.74) is 3.80. The average molecular weight is 520 g/mol. The molecule has 1 atom stereocenters. The fourth-order valence-corrected chi connectivity index (χ4v) is 5.09. The molecule has 3 heterocycles. The zero-order chi connectivity index (χ0) is 26.8. The van der Waals surface area contributed by atoms with Gasteiger partial charge in [-0.2, -0.15) is 0 Å². The van der Waals surface area contributed by atoms with E-state index < -0.39 is 0 Å². The molecule has 1 aromatic heterocycles. The van der Waals surface area contributed by atoms with Crippen molar-refractivity contribution in [3.8, 4) is 11.5 Å². The number of carbonyl (C=O) groups excluding carboxylic acids is 1. The Balaban J connectivity index is 1.55. The minimum Gasteiger partial charge on any atom is -0.489 e. The molecule has 1 amide bonds. The summed E-state index contributed by atoms with van der Waals surface area (Å²) in [5.74, 6) is 0.567. The number of amides is 1. The van der Waals surface area contributed by atoms with Crippen LogP contribution < -0.4 is 19.9 Å². The van der Waals surface area contributed by atoms with Crippen molar-refractivity contribution in [3.63, 3.8) is 0 Å². The fourth-order valence-electron chi connectivity index (χ4n) is 5.09. The standard InChI is InChI=1S/C32H29N3O4/c1-23-16-18-33-22-35(29(25-12-6-3-7-13-25)26-14-8-9-15-28(26)38-20-23)34-19-17-27(36)31(30(34)32(33)37)39-21-24-10-4-2-5-11-24/h2-17,19,29H,18,20-22H2,1H3/b23-16-.